The van der Waals surface area contributed by atoms with Crippen LogP contribution in [0.4, 0.5) is 10.2 Å². The largest absolute Gasteiger partial charge is 0.493 e. The summed E-state index contributed by atoms with van der Waals surface area (Å²) in [4.78, 5) is 8.38. The standard InChI is InChI=1S/C22H19FN4O3S/c1-27-10-17(19-21(24)25-12-26-22(19)27)16-4-2-3-14(20(16)23)11-31(28,29)15-5-6-18-13(9-15)7-8-30-18/h2-6,9-10,12H,7-8,11H2,1H3,(H2,24,25,26). The van der Waals surface area contributed by atoms with Crippen molar-refractivity contribution in [2.75, 3.05) is 12.3 Å². The maximum Gasteiger partial charge on any atom is 0.182 e. The average Bonchev–Trinajstić information content (AvgIpc) is 3.34. The highest BCUT2D eigenvalue weighted by Gasteiger charge is 2.23. The van der Waals surface area contributed by atoms with E-state index in [0.29, 0.717) is 35.4 Å². The lowest BCUT2D eigenvalue weighted by Gasteiger charge is -2.10. The van der Waals surface area contributed by atoms with Crippen LogP contribution in [0.5, 0.6) is 5.75 Å². The number of ether oxygens (including phenoxy) is 1. The molecule has 0 aliphatic carbocycles. The average molecular weight is 438 g/mol. The second kappa shape index (κ2) is 7.05. The van der Waals surface area contributed by atoms with E-state index in [2.05, 4.69) is 9.97 Å². The molecule has 3 heterocycles. The Morgan fingerprint density at radius 3 is 2.87 bits per heavy atom. The second-order valence-electron chi connectivity index (χ2n) is 7.52. The van der Waals surface area contributed by atoms with Crippen LogP contribution < -0.4 is 10.5 Å². The molecule has 31 heavy (non-hydrogen) atoms. The summed E-state index contributed by atoms with van der Waals surface area (Å²) in [5, 5.41) is 0.530. The van der Waals surface area contributed by atoms with Crippen LogP contribution in [0.1, 0.15) is 11.1 Å². The van der Waals surface area contributed by atoms with Crippen LogP contribution in [0.3, 0.4) is 0 Å². The number of benzene rings is 2. The molecule has 4 aromatic rings. The summed E-state index contributed by atoms with van der Waals surface area (Å²) in [6, 6.07) is 9.49. The minimum Gasteiger partial charge on any atom is -0.493 e. The summed E-state index contributed by atoms with van der Waals surface area (Å²) in [7, 11) is -1.97. The Bertz CT molecular complexity index is 1450. The molecule has 158 valence electrons. The monoisotopic (exact) mass is 438 g/mol. The van der Waals surface area contributed by atoms with Gasteiger partial charge in [-0.25, -0.2) is 22.8 Å². The van der Waals surface area contributed by atoms with Gasteiger partial charge in [-0.15, -0.1) is 0 Å². The fraction of sp³-hybridized carbons (Fsp3) is 0.182. The number of fused-ring (bicyclic) bond motifs is 2. The second-order valence-corrected chi connectivity index (χ2v) is 9.51. The zero-order chi connectivity index (χ0) is 21.8. The van der Waals surface area contributed by atoms with E-state index in [1.54, 1.807) is 42.1 Å². The number of rotatable bonds is 4. The molecule has 0 spiro atoms. The number of halogens is 1. The third-order valence-corrected chi connectivity index (χ3v) is 7.18. The minimum absolute atomic E-state index is 0.0849. The quantitative estimate of drug-likeness (QED) is 0.525. The summed E-state index contributed by atoms with van der Waals surface area (Å²) in [6.07, 6.45) is 3.72. The van der Waals surface area contributed by atoms with Crippen molar-refractivity contribution in [3.05, 3.63) is 65.9 Å². The highest BCUT2D eigenvalue weighted by molar-refractivity contribution is 7.90. The van der Waals surface area contributed by atoms with Gasteiger partial charge in [0.05, 0.1) is 22.6 Å². The van der Waals surface area contributed by atoms with Gasteiger partial charge in [0, 0.05) is 36.4 Å². The molecule has 2 aromatic carbocycles. The molecule has 0 atom stereocenters. The van der Waals surface area contributed by atoms with E-state index >= 15 is 4.39 Å². The summed E-state index contributed by atoms with van der Waals surface area (Å²) in [5.41, 5.74) is 8.30. The van der Waals surface area contributed by atoms with E-state index in [1.807, 2.05) is 0 Å². The lowest BCUT2D eigenvalue weighted by molar-refractivity contribution is 0.356. The van der Waals surface area contributed by atoms with E-state index in [9.17, 15) is 8.42 Å². The zero-order valence-electron chi connectivity index (χ0n) is 16.7. The van der Waals surface area contributed by atoms with Gasteiger partial charge in [-0.3, -0.25) is 0 Å². The molecule has 1 aliphatic rings. The van der Waals surface area contributed by atoms with Gasteiger partial charge in [0.25, 0.3) is 0 Å². The van der Waals surface area contributed by atoms with Crippen molar-refractivity contribution < 1.29 is 17.5 Å². The first kappa shape index (κ1) is 19.5. The molecule has 1 aliphatic heterocycles. The molecule has 0 unspecified atom stereocenters. The zero-order valence-corrected chi connectivity index (χ0v) is 17.5. The first-order chi connectivity index (χ1) is 14.8. The molecule has 2 aromatic heterocycles. The maximum atomic E-state index is 15.5. The van der Waals surface area contributed by atoms with Crippen molar-refractivity contribution in [2.45, 2.75) is 17.1 Å². The van der Waals surface area contributed by atoms with Crippen molar-refractivity contribution in [2.24, 2.45) is 7.05 Å². The molecule has 0 radical (unpaired) electrons. The van der Waals surface area contributed by atoms with E-state index in [0.717, 1.165) is 5.56 Å². The SMILES string of the molecule is Cn1cc(-c2cccc(CS(=O)(=O)c3ccc4c(c3)CCO4)c2F)c2c(N)ncnc21. The number of hydrogen-bond donors (Lipinski definition) is 1. The molecule has 2 N–H and O–H groups in total. The molecular formula is C22H19FN4O3S. The number of aryl methyl sites for hydroxylation is 1. The van der Waals surface area contributed by atoms with Gasteiger partial charge in [-0.2, -0.15) is 0 Å². The molecule has 7 nitrogen and oxygen atoms in total. The first-order valence-electron chi connectivity index (χ1n) is 9.67. The third-order valence-electron chi connectivity index (χ3n) is 5.52. The summed E-state index contributed by atoms with van der Waals surface area (Å²) in [6.45, 7) is 0.535. The normalized spacial score (nSPS) is 13.4. The molecule has 0 amide bonds. The molecular weight excluding hydrogens is 419 g/mol. The number of sulfone groups is 1. The van der Waals surface area contributed by atoms with Crippen molar-refractivity contribution in [3.63, 3.8) is 0 Å². The lowest BCUT2D eigenvalue weighted by atomic mass is 10.0. The predicted octanol–water partition coefficient (Wildman–Crippen LogP) is 3.27. The Morgan fingerprint density at radius 2 is 2.03 bits per heavy atom. The van der Waals surface area contributed by atoms with E-state index in [-0.39, 0.29) is 21.8 Å². The van der Waals surface area contributed by atoms with Crippen molar-refractivity contribution >= 4 is 26.7 Å². The van der Waals surface area contributed by atoms with Gasteiger partial charge < -0.3 is 15.0 Å². The molecule has 0 saturated carbocycles. The predicted molar refractivity (Wildman–Crippen MR) is 115 cm³/mol. The van der Waals surface area contributed by atoms with Crippen LogP contribution in [-0.2, 0) is 29.1 Å². The van der Waals surface area contributed by atoms with Crippen LogP contribution in [-0.4, -0.2) is 29.6 Å². The Morgan fingerprint density at radius 1 is 1.19 bits per heavy atom. The highest BCUT2D eigenvalue weighted by Crippen LogP contribution is 2.35. The first-order valence-corrected chi connectivity index (χ1v) is 11.3. The van der Waals surface area contributed by atoms with E-state index in [4.69, 9.17) is 10.5 Å². The van der Waals surface area contributed by atoms with Crippen LogP contribution in [0.25, 0.3) is 22.2 Å². The number of nitrogens with zero attached hydrogens (tertiary/aromatic N) is 3. The fourth-order valence-electron chi connectivity index (χ4n) is 3.98. The van der Waals surface area contributed by atoms with E-state index < -0.39 is 21.4 Å². The van der Waals surface area contributed by atoms with Gasteiger partial charge in [-0.1, -0.05) is 18.2 Å². The Labute approximate surface area is 178 Å². The maximum absolute atomic E-state index is 15.5. The summed E-state index contributed by atoms with van der Waals surface area (Å²) in [5.74, 6) is -0.129. The Balaban J connectivity index is 1.57. The van der Waals surface area contributed by atoms with Crippen LogP contribution in [0.2, 0.25) is 0 Å². The van der Waals surface area contributed by atoms with Gasteiger partial charge in [0.1, 0.15) is 29.4 Å². The van der Waals surface area contributed by atoms with E-state index in [1.165, 1.54) is 18.5 Å². The summed E-state index contributed by atoms with van der Waals surface area (Å²) >= 11 is 0. The number of anilines is 1. The topological polar surface area (TPSA) is 100 Å². The highest BCUT2D eigenvalue weighted by atomic mass is 32.2. The molecule has 0 fully saturated rings. The number of nitrogen functional groups attached to an aromatic ring is 1. The van der Waals surface area contributed by atoms with Crippen molar-refractivity contribution in [1.29, 1.82) is 0 Å². The molecule has 0 saturated heterocycles. The van der Waals surface area contributed by atoms with Gasteiger partial charge in [0.2, 0.25) is 0 Å². The third kappa shape index (κ3) is 3.21. The Kier molecular flexibility index (Phi) is 4.44. The fourth-order valence-corrected chi connectivity index (χ4v) is 5.38. The van der Waals surface area contributed by atoms with Gasteiger partial charge in [0.15, 0.2) is 9.84 Å². The van der Waals surface area contributed by atoms with Crippen molar-refractivity contribution in [1.82, 2.24) is 14.5 Å². The van der Waals surface area contributed by atoms with Crippen LogP contribution in [0, 0.1) is 5.82 Å². The smallest absolute Gasteiger partial charge is 0.182 e. The lowest BCUT2D eigenvalue weighted by Crippen LogP contribution is -2.07. The summed E-state index contributed by atoms with van der Waals surface area (Å²) < 4.78 is 48.7. The van der Waals surface area contributed by atoms with Gasteiger partial charge in [-0.05, 0) is 23.8 Å². The van der Waals surface area contributed by atoms with Crippen LogP contribution in [0.15, 0.2) is 53.8 Å². The minimum atomic E-state index is -3.75. The molecule has 9 heteroatoms. The number of nitrogens with two attached hydrogens (primary N) is 1. The van der Waals surface area contributed by atoms with Gasteiger partial charge >= 0.3 is 0 Å². The Hall–Kier alpha value is -3.46. The number of aromatic nitrogens is 3. The van der Waals surface area contributed by atoms with Crippen molar-refractivity contribution in [3.8, 4) is 16.9 Å². The van der Waals surface area contributed by atoms with Crippen LogP contribution >= 0.6 is 0 Å². The molecule has 5 rings (SSSR count). The number of hydrogen-bond acceptors (Lipinski definition) is 6. The molecule has 0 bridgehead atoms.